The summed E-state index contributed by atoms with van der Waals surface area (Å²) in [5.41, 5.74) is 0.000883. The minimum Gasteiger partial charge on any atom is -0.481 e. The maximum Gasteiger partial charge on any atom is 0.315 e. The third-order valence-corrected chi connectivity index (χ3v) is 4.75. The number of benzene rings is 2. The van der Waals surface area contributed by atoms with Crippen LogP contribution in [0.15, 0.2) is 54.6 Å². The molecule has 0 aliphatic rings. The van der Waals surface area contributed by atoms with Crippen LogP contribution in [0.25, 0.3) is 0 Å². The molecule has 1 amide bonds. The zero-order valence-electron chi connectivity index (χ0n) is 15.0. The van der Waals surface area contributed by atoms with E-state index in [4.69, 9.17) is 0 Å². The van der Waals surface area contributed by atoms with Crippen LogP contribution in [0.2, 0.25) is 0 Å². The van der Waals surface area contributed by atoms with Gasteiger partial charge in [0.25, 0.3) is 0 Å². The van der Waals surface area contributed by atoms with Gasteiger partial charge in [0.15, 0.2) is 0 Å². The van der Waals surface area contributed by atoms with Crippen molar-refractivity contribution in [2.45, 2.75) is 32.1 Å². The van der Waals surface area contributed by atoms with Crippen LogP contribution in [-0.2, 0) is 21.4 Å². The number of rotatable bonds is 8. The lowest BCUT2D eigenvalue weighted by Crippen LogP contribution is -2.45. The number of hydrogen-bond acceptors (Lipinski definition) is 2. The van der Waals surface area contributed by atoms with Crippen molar-refractivity contribution in [3.63, 3.8) is 0 Å². The lowest BCUT2D eigenvalue weighted by atomic mass is 9.82. The van der Waals surface area contributed by atoms with E-state index in [0.29, 0.717) is 24.0 Å². The molecule has 2 unspecified atom stereocenters. The number of carbonyl (C=O) groups is 2. The van der Waals surface area contributed by atoms with E-state index in [1.165, 1.54) is 6.07 Å². The molecular weight excluding hydrogens is 333 g/mol. The minimum absolute atomic E-state index is 0.00474. The number of aryl methyl sites for hydroxylation is 1. The molecule has 0 aliphatic heterocycles. The highest BCUT2D eigenvalue weighted by molar-refractivity contribution is 5.83. The van der Waals surface area contributed by atoms with E-state index < -0.39 is 11.4 Å². The summed E-state index contributed by atoms with van der Waals surface area (Å²) in [6.07, 6.45) is 0.942. The van der Waals surface area contributed by atoms with Gasteiger partial charge in [-0.3, -0.25) is 9.59 Å². The number of aliphatic carboxylic acids is 1. The Morgan fingerprint density at radius 3 is 2.35 bits per heavy atom. The molecule has 26 heavy (non-hydrogen) atoms. The Balaban J connectivity index is 1.95. The first-order valence-electron chi connectivity index (χ1n) is 8.64. The molecule has 138 valence electrons. The van der Waals surface area contributed by atoms with Gasteiger partial charge in [-0.1, -0.05) is 55.5 Å². The van der Waals surface area contributed by atoms with Gasteiger partial charge in [-0.25, -0.2) is 4.39 Å². The van der Waals surface area contributed by atoms with Gasteiger partial charge in [0.1, 0.15) is 11.2 Å². The maximum absolute atomic E-state index is 13.7. The molecule has 2 N–H and O–H groups in total. The van der Waals surface area contributed by atoms with E-state index in [1.54, 1.807) is 56.3 Å². The Morgan fingerprint density at radius 2 is 1.73 bits per heavy atom. The zero-order valence-corrected chi connectivity index (χ0v) is 15.0. The molecular formula is C21H24FNO3. The highest BCUT2D eigenvalue weighted by Gasteiger charge is 2.35. The number of carbonyl (C=O) groups excluding carboxylic acids is 1. The van der Waals surface area contributed by atoms with Gasteiger partial charge in [0, 0.05) is 12.5 Å². The maximum atomic E-state index is 13.7. The van der Waals surface area contributed by atoms with Crippen molar-refractivity contribution in [1.82, 2.24) is 5.32 Å². The second kappa shape index (κ2) is 8.61. The molecule has 4 nitrogen and oxygen atoms in total. The van der Waals surface area contributed by atoms with Crippen LogP contribution in [0, 0.1) is 11.7 Å². The highest BCUT2D eigenvalue weighted by atomic mass is 19.1. The molecule has 2 aromatic carbocycles. The van der Waals surface area contributed by atoms with Gasteiger partial charge in [-0.2, -0.15) is 0 Å². The molecule has 5 heteroatoms. The van der Waals surface area contributed by atoms with E-state index in [1.807, 2.05) is 6.07 Å². The lowest BCUT2D eigenvalue weighted by molar-refractivity contribution is -0.143. The lowest BCUT2D eigenvalue weighted by Gasteiger charge is -2.26. The Bertz CT molecular complexity index is 763. The molecule has 0 fully saturated rings. The highest BCUT2D eigenvalue weighted by Crippen LogP contribution is 2.23. The van der Waals surface area contributed by atoms with E-state index in [-0.39, 0.29) is 24.2 Å². The van der Waals surface area contributed by atoms with Crippen LogP contribution < -0.4 is 5.32 Å². The first-order valence-corrected chi connectivity index (χ1v) is 8.64. The number of halogens is 1. The van der Waals surface area contributed by atoms with Crippen LogP contribution in [0.4, 0.5) is 4.39 Å². The van der Waals surface area contributed by atoms with Gasteiger partial charge in [-0.15, -0.1) is 0 Å². The standard InChI is InChI=1S/C21H24FNO3/c1-15(12-13-16-8-6-7-11-18(16)22)19(24)23-14-21(2,20(25)26)17-9-4-3-5-10-17/h3-11,15H,12-14H2,1-2H3,(H,23,24)(H,25,26). The van der Waals surface area contributed by atoms with Gasteiger partial charge in [0.05, 0.1) is 0 Å². The molecule has 0 saturated heterocycles. The molecule has 0 radical (unpaired) electrons. The third-order valence-electron chi connectivity index (χ3n) is 4.75. The van der Waals surface area contributed by atoms with Gasteiger partial charge in [-0.05, 0) is 37.0 Å². The largest absolute Gasteiger partial charge is 0.481 e. The Kier molecular flexibility index (Phi) is 6.50. The number of amides is 1. The fourth-order valence-electron chi connectivity index (χ4n) is 2.75. The Morgan fingerprint density at radius 1 is 1.12 bits per heavy atom. The molecule has 2 rings (SSSR count). The second-order valence-corrected chi connectivity index (χ2v) is 6.75. The topological polar surface area (TPSA) is 66.4 Å². The smallest absolute Gasteiger partial charge is 0.315 e. The van der Waals surface area contributed by atoms with Crippen LogP contribution in [0.5, 0.6) is 0 Å². The minimum atomic E-state index is -1.21. The molecule has 0 aliphatic carbocycles. The summed E-state index contributed by atoms with van der Waals surface area (Å²) in [5.74, 6) is -1.85. The Labute approximate surface area is 153 Å². The molecule has 0 aromatic heterocycles. The van der Waals surface area contributed by atoms with E-state index in [2.05, 4.69) is 5.32 Å². The molecule has 0 saturated carbocycles. The zero-order chi connectivity index (χ0) is 19.2. The van der Waals surface area contributed by atoms with Crippen molar-refractivity contribution in [3.8, 4) is 0 Å². The Hall–Kier alpha value is -2.69. The summed E-state index contributed by atoms with van der Waals surface area (Å²) in [6, 6.07) is 15.3. The van der Waals surface area contributed by atoms with E-state index in [0.717, 1.165) is 0 Å². The summed E-state index contributed by atoms with van der Waals surface area (Å²) in [6.45, 7) is 3.35. The summed E-state index contributed by atoms with van der Waals surface area (Å²) in [5, 5.41) is 12.4. The summed E-state index contributed by atoms with van der Waals surface area (Å²) in [4.78, 5) is 24.1. The molecule has 0 bridgehead atoms. The number of carboxylic acids is 1. The second-order valence-electron chi connectivity index (χ2n) is 6.75. The van der Waals surface area contributed by atoms with Crippen LogP contribution in [-0.4, -0.2) is 23.5 Å². The van der Waals surface area contributed by atoms with Crippen molar-refractivity contribution in [1.29, 1.82) is 0 Å². The third kappa shape index (κ3) is 4.69. The van der Waals surface area contributed by atoms with Crippen molar-refractivity contribution < 1.29 is 19.1 Å². The SMILES string of the molecule is CC(CCc1ccccc1F)C(=O)NCC(C)(C(=O)O)c1ccccc1. The average Bonchev–Trinajstić information content (AvgIpc) is 2.65. The predicted molar refractivity (Wildman–Crippen MR) is 98.3 cm³/mol. The van der Waals surface area contributed by atoms with Crippen molar-refractivity contribution in [2.24, 2.45) is 5.92 Å². The van der Waals surface area contributed by atoms with Crippen molar-refractivity contribution in [3.05, 3.63) is 71.5 Å². The van der Waals surface area contributed by atoms with Gasteiger partial charge in [0.2, 0.25) is 5.91 Å². The average molecular weight is 357 g/mol. The molecule has 0 spiro atoms. The van der Waals surface area contributed by atoms with Crippen molar-refractivity contribution in [2.75, 3.05) is 6.54 Å². The first kappa shape index (κ1) is 19.6. The quantitative estimate of drug-likeness (QED) is 0.759. The number of carboxylic acid groups (broad SMARTS) is 1. The van der Waals surface area contributed by atoms with Crippen LogP contribution >= 0.6 is 0 Å². The molecule has 2 aromatic rings. The van der Waals surface area contributed by atoms with Crippen molar-refractivity contribution >= 4 is 11.9 Å². The van der Waals surface area contributed by atoms with E-state index in [9.17, 15) is 19.1 Å². The summed E-state index contributed by atoms with van der Waals surface area (Å²) >= 11 is 0. The van der Waals surface area contributed by atoms with Crippen LogP contribution in [0.3, 0.4) is 0 Å². The monoisotopic (exact) mass is 357 g/mol. The number of nitrogens with one attached hydrogen (secondary N) is 1. The fourth-order valence-corrected chi connectivity index (χ4v) is 2.75. The van der Waals surface area contributed by atoms with Gasteiger partial charge >= 0.3 is 5.97 Å². The summed E-state index contributed by atoms with van der Waals surface area (Å²) < 4.78 is 13.7. The van der Waals surface area contributed by atoms with Gasteiger partial charge < -0.3 is 10.4 Å². The first-order chi connectivity index (χ1) is 12.3. The fraction of sp³-hybridized carbons (Fsp3) is 0.333. The van der Waals surface area contributed by atoms with E-state index >= 15 is 0 Å². The van der Waals surface area contributed by atoms with Crippen LogP contribution in [0.1, 0.15) is 31.4 Å². The predicted octanol–water partition coefficient (Wildman–Crippen LogP) is 3.55. The number of hydrogen-bond donors (Lipinski definition) is 2. The normalized spacial score (nSPS) is 14.3. The molecule has 2 atom stereocenters. The summed E-state index contributed by atoms with van der Waals surface area (Å²) in [7, 11) is 0. The molecule has 0 heterocycles.